The monoisotopic (exact) mass is 1750 g/mol. The lowest BCUT2D eigenvalue weighted by molar-refractivity contribution is -0.205. The van der Waals surface area contributed by atoms with Crippen LogP contribution in [-0.4, -0.2) is 266 Å². The molecule has 0 amide bonds. The first-order valence-corrected chi connectivity index (χ1v) is 39.0. The van der Waals surface area contributed by atoms with E-state index in [1.807, 2.05) is 0 Å². The average molecular weight is 1750 g/mol. The molecule has 0 saturated carbocycles. The van der Waals surface area contributed by atoms with Gasteiger partial charge >= 0.3 is 40.3 Å². The lowest BCUT2D eigenvalue weighted by Crippen LogP contribution is -2.42. The van der Waals surface area contributed by atoms with Crippen molar-refractivity contribution >= 4 is 91.6 Å². The van der Waals surface area contributed by atoms with E-state index in [9.17, 15) is 38.5 Å². The first kappa shape index (κ1) is 89.8. The summed E-state index contributed by atoms with van der Waals surface area (Å²) in [5.41, 5.74) is 3.84. The van der Waals surface area contributed by atoms with Gasteiger partial charge in [0, 0.05) is 29.0 Å². The van der Waals surface area contributed by atoms with Crippen LogP contribution in [0.3, 0.4) is 0 Å². The number of carbonyl (C=O) groups excluding carboxylic acids is 4. The van der Waals surface area contributed by atoms with Gasteiger partial charge in [-0.25, -0.2) is 87.7 Å². The number of hydrogen-bond acceptors (Lipinski definition) is 42. The fourth-order valence-electron chi connectivity index (χ4n) is 11.1. The number of aliphatic hydroxyl groups is 4. The molecular weight excluding hydrogens is 1650 g/mol. The summed E-state index contributed by atoms with van der Waals surface area (Å²) in [5.74, 6) is -12.1. The number of nitrogens with one attached hydrogen (secondary N) is 2. The number of carbonyl (C=O) groups is 4. The van der Waals surface area contributed by atoms with Crippen molar-refractivity contribution in [3.05, 3.63) is 19.0 Å². The Kier molecular flexibility index (Phi) is 32.6. The Balaban J connectivity index is 0.000000259. The largest absolute Gasteiger partial charge is 0.510 e. The number of phosphoric acid groups is 2. The summed E-state index contributed by atoms with van der Waals surface area (Å²) in [4.78, 5) is 84.0. The van der Waals surface area contributed by atoms with Crippen LogP contribution in [0.2, 0.25) is 0 Å². The lowest BCUT2D eigenvalue weighted by atomic mass is 9.84. The van der Waals surface area contributed by atoms with E-state index >= 15 is 26.3 Å². The van der Waals surface area contributed by atoms with Crippen LogP contribution in [0.1, 0.15) is 131 Å². The van der Waals surface area contributed by atoms with Crippen LogP contribution >= 0.6 is 15.6 Å². The van der Waals surface area contributed by atoms with Crippen molar-refractivity contribution in [1.82, 2.24) is 58.6 Å². The van der Waals surface area contributed by atoms with Crippen LogP contribution in [0.5, 0.6) is 17.6 Å². The average Bonchev–Trinajstić information content (AvgIpc) is 1.58. The van der Waals surface area contributed by atoms with Crippen molar-refractivity contribution in [2.75, 3.05) is 109 Å². The third-order valence-corrected chi connectivity index (χ3v) is 18.6. The molecular formula is C65H97F6N15O30P2. The van der Waals surface area contributed by atoms with E-state index in [1.165, 1.54) is 73.2 Å². The van der Waals surface area contributed by atoms with Crippen LogP contribution < -0.4 is 30.6 Å². The normalized spacial score (nSPS) is 24.2. The smallest absolute Gasteiger partial charge is 0.476 e. The summed E-state index contributed by atoms with van der Waals surface area (Å²) in [5, 5.41) is 34.2. The Morgan fingerprint density at radius 3 is 1.35 bits per heavy atom. The molecule has 53 heteroatoms. The van der Waals surface area contributed by atoms with Gasteiger partial charge in [0.25, 0.3) is 5.85 Å². The first-order valence-electron chi connectivity index (χ1n) is 38.4. The summed E-state index contributed by atoms with van der Waals surface area (Å²) < 4.78 is 253. The Labute approximate surface area is 674 Å². The van der Waals surface area contributed by atoms with Crippen LogP contribution in [0.15, 0.2) is 19.0 Å². The van der Waals surface area contributed by atoms with Gasteiger partial charge in [-0.1, -0.05) is 0 Å². The molecule has 12 atom stereocenters. The lowest BCUT2D eigenvalue weighted by Gasteiger charge is -2.28. The van der Waals surface area contributed by atoms with E-state index in [0.29, 0.717) is 6.61 Å². The van der Waals surface area contributed by atoms with Gasteiger partial charge in [-0.05, 0) is 110 Å². The molecule has 6 aromatic heterocycles. The maximum atomic E-state index is 16.7. The van der Waals surface area contributed by atoms with Crippen molar-refractivity contribution in [3.8, 4) is 17.6 Å². The van der Waals surface area contributed by atoms with Crippen molar-refractivity contribution in [3.63, 3.8) is 0 Å². The minimum atomic E-state index is -4.97. The highest BCUT2D eigenvalue weighted by Gasteiger charge is 2.65. The second-order valence-corrected chi connectivity index (χ2v) is 29.4. The number of rotatable bonds is 42. The maximum absolute atomic E-state index is 16.7. The third-order valence-electron chi connectivity index (χ3n) is 16.0. The zero-order valence-electron chi connectivity index (χ0n) is 69.8. The molecule has 0 radical (unpaired) electrons. The number of hydrogen-bond donors (Lipinski definition) is 7. The molecule has 118 heavy (non-hydrogen) atoms. The summed E-state index contributed by atoms with van der Waals surface area (Å²) in [6.07, 6.45) is -16.5. The summed E-state index contributed by atoms with van der Waals surface area (Å²) in [6, 6.07) is 0. The number of nitrogens with zero attached hydrogens (tertiary/aromatic N) is 12. The van der Waals surface area contributed by atoms with E-state index in [-0.39, 0.29) is 122 Å². The van der Waals surface area contributed by atoms with Crippen molar-refractivity contribution < 1.29 is 171 Å². The van der Waals surface area contributed by atoms with Crippen molar-refractivity contribution in [2.24, 2.45) is 11.8 Å². The molecule has 3 fully saturated rings. The number of anilines is 3. The number of aliphatic hydroxyl groups excluding tert-OH is 4. The van der Waals surface area contributed by atoms with Crippen LogP contribution in [-0.2, 0) is 88.4 Å². The Hall–Kier alpha value is -8.95. The number of imidazole rings is 3. The van der Waals surface area contributed by atoms with Crippen LogP contribution in [0.4, 0.5) is 63.4 Å². The predicted octanol–water partition coefficient (Wildman–Crippen LogP) is 8.85. The number of halogens is 6. The summed E-state index contributed by atoms with van der Waals surface area (Å²) >= 11 is 0. The zero-order valence-corrected chi connectivity index (χ0v) is 67.6. The number of nitrogen functional groups attached to an aromatic ring is 1. The molecule has 0 spiro atoms. The molecule has 8 N–H and O–H groups in total. The van der Waals surface area contributed by atoms with Gasteiger partial charge < -0.3 is 103 Å². The van der Waals surface area contributed by atoms with Crippen molar-refractivity contribution in [2.45, 2.75) is 195 Å². The number of phosphoric ester groups is 2. The highest BCUT2D eigenvalue weighted by molar-refractivity contribution is 7.48. The molecule has 664 valence electrons. The Morgan fingerprint density at radius 2 is 0.941 bits per heavy atom. The van der Waals surface area contributed by atoms with E-state index < -0.39 is 197 Å². The van der Waals surface area contributed by atoms with E-state index in [1.54, 1.807) is 20.8 Å². The number of alkyl halides is 6. The highest BCUT2D eigenvalue weighted by Crippen LogP contribution is 2.57. The Morgan fingerprint density at radius 1 is 0.559 bits per heavy atom. The second kappa shape index (κ2) is 42.8. The molecule has 9 heterocycles. The number of ether oxygens (including phenoxy) is 14. The quantitative estimate of drug-likeness (QED) is 0.00618. The molecule has 45 nitrogen and oxygen atoms in total. The topological polar surface area (TPSA) is 549 Å². The molecule has 0 unspecified atom stereocenters. The van der Waals surface area contributed by atoms with Gasteiger partial charge in [-0.3, -0.25) is 22.7 Å². The minimum absolute atomic E-state index is 0.00700. The van der Waals surface area contributed by atoms with E-state index in [0.717, 1.165) is 21.8 Å². The zero-order chi connectivity index (χ0) is 90.1. The van der Waals surface area contributed by atoms with Gasteiger partial charge in [0.05, 0.1) is 75.1 Å². The predicted molar refractivity (Wildman–Crippen MR) is 389 cm³/mol. The van der Waals surface area contributed by atoms with E-state index in [2.05, 4.69) is 84.7 Å². The molecule has 0 aliphatic carbocycles. The van der Waals surface area contributed by atoms with Gasteiger partial charge in [-0.2, -0.15) is 29.9 Å². The highest BCUT2D eigenvalue weighted by atomic mass is 31.2. The molecule has 3 saturated heterocycles. The molecule has 3 aliphatic rings. The van der Waals surface area contributed by atoms with Gasteiger partial charge in [0.1, 0.15) is 19.8 Å². The van der Waals surface area contributed by atoms with Gasteiger partial charge in [-0.15, -0.1) is 0 Å². The van der Waals surface area contributed by atoms with Gasteiger partial charge in [0.15, 0.2) is 76.3 Å². The van der Waals surface area contributed by atoms with Crippen LogP contribution in [0.25, 0.3) is 33.5 Å². The number of fused-ring (bicyclic) bond motifs is 3. The standard InChI is InChI=1S/C26H40F2N5O13P.C22H32F2N5O13P.C17H25F2N5O4/c1-7-29-23-31-20-19(21(32-23)38-8-2)30-12-33(20)22-18(27)17(9-10-34)26(28,46-22)11-41-47(37,42-13-39-24(35)44-15(3)4)43-14-40-25(36)45-16(5)6;1-6-34-17-14-16(27-19(25)28-17)29(8-26-14)18-13(23)15(30)22(24,42-18)7-37-43(33,38-9-35-20(31)40-11(2)3)39-10-36-21(32)41-12(4)5;1-4-20-15-22-12-11(13(23-15)27-5-2)21-9-24(12)14-16(3,18)10(6-7-25)17(19,8-26)28-14/h12,15-18,22,34H,7-11,13-14H2,1-6H3,(H,29,31,32);8,11-13,15,18,30H,6-7,9-10H2,1-5H3,(H2,25,27,28);9-10,14,25-26H,4-8H2,1-3H3,(H,20,22,23)/t17-,18+,22+,26+;13-,15+,18-,22-;10-,14+,16+,17+/m010/s1/i1T,34T;;1T,25T. The fourth-order valence-corrected chi connectivity index (χ4v) is 13.0. The number of nitrogens with two attached hydrogens (primary N) is 1. The first-order chi connectivity index (χ1) is 57.7. The fraction of sp³-hybridized carbons (Fsp3) is 0.708. The van der Waals surface area contributed by atoms with Gasteiger partial charge in [0.2, 0.25) is 77.2 Å². The maximum Gasteiger partial charge on any atom is 0.510 e. The number of aromatic nitrogens is 12. The third kappa shape index (κ3) is 24.6. The molecule has 0 bridgehead atoms. The molecule has 9 rings (SSSR count). The SMILES string of the molecule is CCOc1nc(N)nc2c1ncn2[C@@H]1O[C@](F)(COP(=O)(OCOC(=O)OC(C)C)OCOC(=O)OC(C)C)[C@@H](O)[C@H]1F.[3H]CCNc1nc(OCC)c2ncn([C@@H]3O[C@](F)(CO)[C@@H](CCO[3H])[C@@]3(C)F)c2n1.[3H]CCNc1nc(OCC)c2ncn([C@@H]3O[C@](F)(COP(=O)(OCOC(=O)OC(C)C)OCOC(=O)OC(C)C)[C@@H](CCO[3H])[C@H]3F)c2n1. The second-order valence-electron chi connectivity index (χ2n) is 26.0. The summed E-state index contributed by atoms with van der Waals surface area (Å²) in [6.45, 7) is 10.9. The van der Waals surface area contributed by atoms with E-state index in [4.69, 9.17) is 85.8 Å². The Bertz CT molecular complexity index is 4420. The van der Waals surface area contributed by atoms with Crippen LogP contribution in [0, 0.1) is 11.8 Å². The minimum Gasteiger partial charge on any atom is -0.476 e. The summed E-state index contributed by atoms with van der Waals surface area (Å²) in [7, 11) is -9.95. The molecule has 6 aromatic rings. The molecule has 3 aliphatic heterocycles. The van der Waals surface area contributed by atoms with Crippen molar-refractivity contribution in [1.29, 1.82) is 2.86 Å². The molecule has 0 aromatic carbocycles.